The smallest absolute Gasteiger partial charge is 0.125 e. The lowest BCUT2D eigenvalue weighted by atomic mass is 9.74. The Morgan fingerprint density at radius 1 is 1.29 bits per heavy atom. The van der Waals surface area contributed by atoms with Gasteiger partial charge in [-0.25, -0.2) is 0 Å². The standard InChI is InChI=1S/C18H28BrNO/c1-12(2)18(5,11-20-13(3)4)10-15-9-16(19)8-14-6-7-21-17(14)15/h8-9,12-13,20H,6-7,10-11H2,1-5H3. The second kappa shape index (κ2) is 6.70. The summed E-state index contributed by atoms with van der Waals surface area (Å²) in [6.07, 6.45) is 2.08. The Kier molecular flexibility index (Phi) is 5.37. The van der Waals surface area contributed by atoms with E-state index in [1.165, 1.54) is 15.6 Å². The van der Waals surface area contributed by atoms with Crippen LogP contribution in [-0.2, 0) is 12.8 Å². The number of hydrogen-bond donors (Lipinski definition) is 1. The third kappa shape index (κ3) is 4.01. The third-order valence-corrected chi connectivity index (χ3v) is 5.19. The fourth-order valence-electron chi connectivity index (χ4n) is 2.82. The van der Waals surface area contributed by atoms with E-state index in [2.05, 4.69) is 68.0 Å². The molecule has 1 aromatic carbocycles. The van der Waals surface area contributed by atoms with E-state index in [0.29, 0.717) is 12.0 Å². The van der Waals surface area contributed by atoms with Crippen LogP contribution < -0.4 is 10.1 Å². The summed E-state index contributed by atoms with van der Waals surface area (Å²) in [6.45, 7) is 13.3. The lowest BCUT2D eigenvalue weighted by Crippen LogP contribution is -2.40. The van der Waals surface area contributed by atoms with Crippen molar-refractivity contribution < 1.29 is 4.74 Å². The topological polar surface area (TPSA) is 21.3 Å². The summed E-state index contributed by atoms with van der Waals surface area (Å²) in [5.74, 6) is 1.74. The van der Waals surface area contributed by atoms with Gasteiger partial charge in [0.25, 0.3) is 0 Å². The second-order valence-corrected chi connectivity index (χ2v) is 8.09. The van der Waals surface area contributed by atoms with Gasteiger partial charge in [-0.05, 0) is 41.0 Å². The Balaban J connectivity index is 2.25. The maximum absolute atomic E-state index is 5.89. The van der Waals surface area contributed by atoms with Gasteiger partial charge in [-0.3, -0.25) is 0 Å². The van der Waals surface area contributed by atoms with Crippen LogP contribution in [0.2, 0.25) is 0 Å². The molecular weight excluding hydrogens is 326 g/mol. The molecule has 1 aliphatic rings. The molecule has 2 nitrogen and oxygen atoms in total. The van der Waals surface area contributed by atoms with Crippen LogP contribution in [0, 0.1) is 11.3 Å². The van der Waals surface area contributed by atoms with Crippen LogP contribution in [0.5, 0.6) is 5.75 Å². The summed E-state index contributed by atoms with van der Waals surface area (Å²) in [5.41, 5.74) is 2.92. The molecule has 0 fully saturated rings. The number of ether oxygens (including phenoxy) is 1. The summed E-state index contributed by atoms with van der Waals surface area (Å²) in [5, 5.41) is 3.62. The molecule has 0 bridgehead atoms. The molecule has 3 heteroatoms. The molecule has 1 aromatic rings. The van der Waals surface area contributed by atoms with E-state index in [1.54, 1.807) is 0 Å². The highest BCUT2D eigenvalue weighted by molar-refractivity contribution is 9.10. The van der Waals surface area contributed by atoms with Crippen molar-refractivity contribution in [3.05, 3.63) is 27.7 Å². The van der Waals surface area contributed by atoms with Crippen molar-refractivity contribution in [1.29, 1.82) is 0 Å². The Morgan fingerprint density at radius 2 is 2.00 bits per heavy atom. The molecule has 1 N–H and O–H groups in total. The zero-order chi connectivity index (χ0) is 15.6. The van der Waals surface area contributed by atoms with Crippen molar-refractivity contribution in [2.75, 3.05) is 13.2 Å². The average Bonchev–Trinajstić information content (AvgIpc) is 2.84. The van der Waals surface area contributed by atoms with Crippen LogP contribution in [0.1, 0.15) is 45.7 Å². The largest absolute Gasteiger partial charge is 0.493 e. The number of nitrogens with one attached hydrogen (secondary N) is 1. The van der Waals surface area contributed by atoms with Gasteiger partial charge in [0.15, 0.2) is 0 Å². The molecule has 1 atom stereocenters. The van der Waals surface area contributed by atoms with Crippen molar-refractivity contribution in [3.63, 3.8) is 0 Å². The van der Waals surface area contributed by atoms with Crippen LogP contribution in [0.4, 0.5) is 0 Å². The van der Waals surface area contributed by atoms with Crippen molar-refractivity contribution in [3.8, 4) is 5.75 Å². The predicted molar refractivity (Wildman–Crippen MR) is 93.1 cm³/mol. The highest BCUT2D eigenvalue weighted by Crippen LogP contribution is 2.39. The van der Waals surface area contributed by atoms with Crippen LogP contribution in [0.25, 0.3) is 0 Å². The molecule has 21 heavy (non-hydrogen) atoms. The van der Waals surface area contributed by atoms with Crippen LogP contribution in [0.3, 0.4) is 0 Å². The minimum absolute atomic E-state index is 0.227. The van der Waals surface area contributed by atoms with Gasteiger partial charge in [0, 0.05) is 23.5 Å². The third-order valence-electron chi connectivity index (χ3n) is 4.73. The lowest BCUT2D eigenvalue weighted by Gasteiger charge is -2.35. The van der Waals surface area contributed by atoms with Crippen molar-refractivity contribution in [2.24, 2.45) is 11.3 Å². The van der Waals surface area contributed by atoms with E-state index in [-0.39, 0.29) is 5.41 Å². The van der Waals surface area contributed by atoms with Gasteiger partial charge in [0.05, 0.1) is 6.61 Å². The van der Waals surface area contributed by atoms with E-state index in [9.17, 15) is 0 Å². The van der Waals surface area contributed by atoms with Crippen molar-refractivity contribution in [2.45, 2.75) is 53.5 Å². The fraction of sp³-hybridized carbons (Fsp3) is 0.667. The maximum atomic E-state index is 5.89. The first kappa shape index (κ1) is 16.8. The molecule has 0 radical (unpaired) electrons. The lowest BCUT2D eigenvalue weighted by molar-refractivity contribution is 0.199. The zero-order valence-corrected chi connectivity index (χ0v) is 15.5. The molecule has 2 rings (SSSR count). The van der Waals surface area contributed by atoms with E-state index < -0.39 is 0 Å². The van der Waals surface area contributed by atoms with Gasteiger partial charge in [-0.15, -0.1) is 0 Å². The molecular formula is C18H28BrNO. The molecule has 1 unspecified atom stereocenters. The van der Waals surface area contributed by atoms with E-state index in [0.717, 1.165) is 31.7 Å². The summed E-state index contributed by atoms with van der Waals surface area (Å²) in [4.78, 5) is 0. The van der Waals surface area contributed by atoms with Crippen LogP contribution in [-0.4, -0.2) is 19.2 Å². The Bertz CT molecular complexity index is 498. The molecule has 0 spiro atoms. The van der Waals surface area contributed by atoms with Gasteiger partial charge in [0.1, 0.15) is 5.75 Å². The molecule has 0 aliphatic carbocycles. The first-order valence-electron chi connectivity index (χ1n) is 7.99. The van der Waals surface area contributed by atoms with Crippen molar-refractivity contribution in [1.82, 2.24) is 5.32 Å². The van der Waals surface area contributed by atoms with E-state index in [1.807, 2.05) is 0 Å². The molecule has 0 aromatic heterocycles. The summed E-state index contributed by atoms with van der Waals surface area (Å²) in [7, 11) is 0. The minimum Gasteiger partial charge on any atom is -0.493 e. The number of halogens is 1. The minimum atomic E-state index is 0.227. The summed E-state index contributed by atoms with van der Waals surface area (Å²) in [6, 6.07) is 4.96. The highest BCUT2D eigenvalue weighted by atomic mass is 79.9. The van der Waals surface area contributed by atoms with Crippen molar-refractivity contribution >= 4 is 15.9 Å². The number of benzene rings is 1. The van der Waals surface area contributed by atoms with Gasteiger partial charge >= 0.3 is 0 Å². The Hall–Kier alpha value is -0.540. The normalized spacial score (nSPS) is 17.0. The van der Waals surface area contributed by atoms with Gasteiger partial charge in [-0.2, -0.15) is 0 Å². The molecule has 118 valence electrons. The maximum Gasteiger partial charge on any atom is 0.125 e. The average molecular weight is 354 g/mol. The van der Waals surface area contributed by atoms with Gasteiger partial charge in [-0.1, -0.05) is 50.5 Å². The molecule has 1 aliphatic heterocycles. The SMILES string of the molecule is CC(C)NCC(C)(Cc1cc(Br)cc2c1OCC2)C(C)C. The molecule has 1 heterocycles. The zero-order valence-electron chi connectivity index (χ0n) is 13.9. The fourth-order valence-corrected chi connectivity index (χ4v) is 3.37. The molecule has 0 saturated carbocycles. The first-order valence-corrected chi connectivity index (χ1v) is 8.78. The summed E-state index contributed by atoms with van der Waals surface area (Å²) >= 11 is 3.65. The number of rotatable bonds is 6. The van der Waals surface area contributed by atoms with Gasteiger partial charge < -0.3 is 10.1 Å². The molecule has 0 amide bonds. The summed E-state index contributed by atoms with van der Waals surface area (Å²) < 4.78 is 7.07. The molecule has 0 saturated heterocycles. The van der Waals surface area contributed by atoms with Crippen LogP contribution in [0.15, 0.2) is 16.6 Å². The number of hydrogen-bond acceptors (Lipinski definition) is 2. The Morgan fingerprint density at radius 3 is 2.62 bits per heavy atom. The quantitative estimate of drug-likeness (QED) is 0.807. The van der Waals surface area contributed by atoms with E-state index in [4.69, 9.17) is 4.74 Å². The predicted octanol–water partition coefficient (Wildman–Crippen LogP) is 4.59. The highest BCUT2D eigenvalue weighted by Gasteiger charge is 2.31. The van der Waals surface area contributed by atoms with Crippen LogP contribution >= 0.6 is 15.9 Å². The number of fused-ring (bicyclic) bond motifs is 1. The Labute approximate surface area is 137 Å². The first-order chi connectivity index (χ1) is 9.82. The monoisotopic (exact) mass is 353 g/mol. The van der Waals surface area contributed by atoms with E-state index >= 15 is 0 Å². The van der Waals surface area contributed by atoms with Gasteiger partial charge in [0.2, 0.25) is 0 Å². The second-order valence-electron chi connectivity index (χ2n) is 7.17.